The van der Waals surface area contributed by atoms with Gasteiger partial charge < -0.3 is 15.5 Å². The standard InChI is InChI=1S/C14H27N3O/c1-15-14(18)12-5-9-17(10-6-12)11-7-13-4-2-3-8-16-13/h12-13,16H,2-11H2,1H3,(H,15,18). The number of nitrogens with zero attached hydrogens (tertiary/aromatic N) is 1. The fraction of sp³-hybridized carbons (Fsp3) is 0.929. The van der Waals surface area contributed by atoms with Crippen molar-refractivity contribution >= 4 is 5.91 Å². The van der Waals surface area contributed by atoms with Crippen molar-refractivity contribution in [3.8, 4) is 0 Å². The van der Waals surface area contributed by atoms with Crippen LogP contribution in [0.1, 0.15) is 38.5 Å². The zero-order chi connectivity index (χ0) is 12.8. The van der Waals surface area contributed by atoms with E-state index in [1.807, 2.05) is 0 Å². The molecule has 4 nitrogen and oxygen atoms in total. The van der Waals surface area contributed by atoms with Crippen molar-refractivity contribution in [3.05, 3.63) is 0 Å². The molecule has 2 saturated heterocycles. The van der Waals surface area contributed by atoms with E-state index in [2.05, 4.69) is 15.5 Å². The van der Waals surface area contributed by atoms with E-state index in [1.165, 1.54) is 38.8 Å². The highest BCUT2D eigenvalue weighted by molar-refractivity contribution is 5.78. The Balaban J connectivity index is 1.62. The summed E-state index contributed by atoms with van der Waals surface area (Å²) < 4.78 is 0. The van der Waals surface area contributed by atoms with Crippen LogP contribution in [-0.2, 0) is 4.79 Å². The smallest absolute Gasteiger partial charge is 0.222 e. The van der Waals surface area contributed by atoms with E-state index in [0.29, 0.717) is 0 Å². The first-order valence-corrected chi connectivity index (χ1v) is 7.47. The number of carbonyl (C=O) groups excluding carboxylic acids is 1. The van der Waals surface area contributed by atoms with E-state index in [1.54, 1.807) is 7.05 Å². The minimum Gasteiger partial charge on any atom is -0.359 e. The van der Waals surface area contributed by atoms with Crippen LogP contribution in [0, 0.1) is 5.92 Å². The molecule has 1 unspecified atom stereocenters. The Bertz CT molecular complexity index is 256. The van der Waals surface area contributed by atoms with Gasteiger partial charge >= 0.3 is 0 Å². The molecule has 2 aliphatic heterocycles. The molecule has 0 aromatic carbocycles. The van der Waals surface area contributed by atoms with Gasteiger partial charge in [0.2, 0.25) is 5.91 Å². The van der Waals surface area contributed by atoms with Gasteiger partial charge in [0.1, 0.15) is 0 Å². The van der Waals surface area contributed by atoms with Gasteiger partial charge in [0.25, 0.3) is 0 Å². The maximum Gasteiger partial charge on any atom is 0.222 e. The Labute approximate surface area is 110 Å². The minimum atomic E-state index is 0.226. The number of amides is 1. The number of likely N-dealkylation sites (tertiary alicyclic amines) is 1. The molecule has 2 fully saturated rings. The fourth-order valence-electron chi connectivity index (χ4n) is 3.13. The number of nitrogens with one attached hydrogen (secondary N) is 2. The fourth-order valence-corrected chi connectivity index (χ4v) is 3.13. The Kier molecular flexibility index (Phi) is 5.45. The van der Waals surface area contributed by atoms with Crippen LogP contribution in [-0.4, -0.2) is 50.1 Å². The molecule has 0 aromatic heterocycles. The Morgan fingerprint density at radius 2 is 2.06 bits per heavy atom. The Morgan fingerprint density at radius 1 is 1.28 bits per heavy atom. The summed E-state index contributed by atoms with van der Waals surface area (Å²) in [4.78, 5) is 14.1. The molecule has 0 saturated carbocycles. The zero-order valence-corrected chi connectivity index (χ0v) is 11.6. The lowest BCUT2D eigenvalue weighted by atomic mass is 9.95. The molecule has 0 radical (unpaired) electrons. The summed E-state index contributed by atoms with van der Waals surface area (Å²) in [6, 6.07) is 0.732. The van der Waals surface area contributed by atoms with Gasteiger partial charge in [0.15, 0.2) is 0 Å². The third-order valence-corrected chi connectivity index (χ3v) is 4.41. The van der Waals surface area contributed by atoms with Gasteiger partial charge in [0, 0.05) is 19.0 Å². The van der Waals surface area contributed by atoms with Gasteiger partial charge in [0.05, 0.1) is 0 Å². The first-order chi connectivity index (χ1) is 8.79. The first kappa shape index (κ1) is 13.8. The van der Waals surface area contributed by atoms with E-state index in [0.717, 1.165) is 32.0 Å². The van der Waals surface area contributed by atoms with Crippen LogP contribution in [0.3, 0.4) is 0 Å². The lowest BCUT2D eigenvalue weighted by molar-refractivity contribution is -0.125. The highest BCUT2D eigenvalue weighted by atomic mass is 16.1. The number of hydrogen-bond donors (Lipinski definition) is 2. The summed E-state index contributed by atoms with van der Waals surface area (Å²) in [6.07, 6.45) is 7.39. The van der Waals surface area contributed by atoms with Crippen molar-refractivity contribution in [1.29, 1.82) is 0 Å². The third kappa shape index (κ3) is 3.95. The van der Waals surface area contributed by atoms with E-state index < -0.39 is 0 Å². The third-order valence-electron chi connectivity index (χ3n) is 4.41. The molecule has 2 rings (SSSR count). The number of carbonyl (C=O) groups is 1. The van der Waals surface area contributed by atoms with Crippen molar-refractivity contribution in [2.75, 3.05) is 33.2 Å². The predicted molar refractivity (Wildman–Crippen MR) is 73.5 cm³/mol. The number of rotatable bonds is 4. The van der Waals surface area contributed by atoms with Crippen LogP contribution in [0.2, 0.25) is 0 Å². The van der Waals surface area contributed by atoms with Crippen LogP contribution < -0.4 is 10.6 Å². The monoisotopic (exact) mass is 253 g/mol. The largest absolute Gasteiger partial charge is 0.359 e. The van der Waals surface area contributed by atoms with Crippen LogP contribution in [0.25, 0.3) is 0 Å². The summed E-state index contributed by atoms with van der Waals surface area (Å²) in [5, 5.41) is 6.37. The Morgan fingerprint density at radius 3 is 2.67 bits per heavy atom. The second kappa shape index (κ2) is 7.10. The molecule has 2 heterocycles. The predicted octanol–water partition coefficient (Wildman–Crippen LogP) is 0.977. The maximum absolute atomic E-state index is 11.5. The number of piperidine rings is 2. The molecule has 1 amide bonds. The second-order valence-corrected chi connectivity index (χ2v) is 5.67. The molecule has 0 aromatic rings. The van der Waals surface area contributed by atoms with Gasteiger partial charge in [-0.1, -0.05) is 6.42 Å². The molecular weight excluding hydrogens is 226 g/mol. The van der Waals surface area contributed by atoms with Gasteiger partial charge in [-0.2, -0.15) is 0 Å². The molecule has 4 heteroatoms. The molecule has 1 atom stereocenters. The highest BCUT2D eigenvalue weighted by Crippen LogP contribution is 2.18. The summed E-state index contributed by atoms with van der Waals surface area (Å²) in [6.45, 7) is 4.57. The van der Waals surface area contributed by atoms with Crippen molar-refractivity contribution in [1.82, 2.24) is 15.5 Å². The molecule has 0 aliphatic carbocycles. The summed E-state index contributed by atoms with van der Waals surface area (Å²) in [5.74, 6) is 0.475. The van der Waals surface area contributed by atoms with E-state index in [-0.39, 0.29) is 11.8 Å². The normalized spacial score (nSPS) is 27.1. The topological polar surface area (TPSA) is 44.4 Å². The minimum absolute atomic E-state index is 0.226. The molecule has 0 spiro atoms. The molecule has 2 aliphatic rings. The van der Waals surface area contributed by atoms with E-state index in [4.69, 9.17) is 0 Å². The zero-order valence-electron chi connectivity index (χ0n) is 11.6. The summed E-state index contributed by atoms with van der Waals surface area (Å²) >= 11 is 0. The van der Waals surface area contributed by atoms with Crippen LogP contribution in [0.15, 0.2) is 0 Å². The van der Waals surface area contributed by atoms with Gasteiger partial charge in [-0.05, 0) is 58.3 Å². The summed E-state index contributed by atoms with van der Waals surface area (Å²) in [7, 11) is 1.74. The van der Waals surface area contributed by atoms with Crippen LogP contribution >= 0.6 is 0 Å². The van der Waals surface area contributed by atoms with Crippen LogP contribution in [0.4, 0.5) is 0 Å². The van der Waals surface area contributed by atoms with Gasteiger partial charge in [-0.25, -0.2) is 0 Å². The SMILES string of the molecule is CNC(=O)C1CCN(CCC2CCCCN2)CC1. The van der Waals surface area contributed by atoms with Crippen molar-refractivity contribution in [2.45, 2.75) is 44.6 Å². The average Bonchev–Trinajstić information content (AvgIpc) is 2.46. The highest BCUT2D eigenvalue weighted by Gasteiger charge is 2.24. The first-order valence-electron chi connectivity index (χ1n) is 7.47. The molecule has 18 heavy (non-hydrogen) atoms. The maximum atomic E-state index is 11.5. The van der Waals surface area contributed by atoms with Crippen molar-refractivity contribution in [2.24, 2.45) is 5.92 Å². The lowest BCUT2D eigenvalue weighted by Gasteiger charge is -2.32. The second-order valence-electron chi connectivity index (χ2n) is 5.67. The molecular formula is C14H27N3O. The average molecular weight is 253 g/mol. The van der Waals surface area contributed by atoms with Gasteiger partial charge in [-0.3, -0.25) is 4.79 Å². The number of hydrogen-bond acceptors (Lipinski definition) is 3. The van der Waals surface area contributed by atoms with Crippen LogP contribution in [0.5, 0.6) is 0 Å². The summed E-state index contributed by atoms with van der Waals surface area (Å²) in [5.41, 5.74) is 0. The van der Waals surface area contributed by atoms with E-state index >= 15 is 0 Å². The lowest BCUT2D eigenvalue weighted by Crippen LogP contribution is -2.42. The van der Waals surface area contributed by atoms with Gasteiger partial charge in [-0.15, -0.1) is 0 Å². The van der Waals surface area contributed by atoms with Crippen molar-refractivity contribution < 1.29 is 4.79 Å². The molecule has 2 N–H and O–H groups in total. The quantitative estimate of drug-likeness (QED) is 0.785. The Hall–Kier alpha value is -0.610. The van der Waals surface area contributed by atoms with E-state index in [9.17, 15) is 4.79 Å². The van der Waals surface area contributed by atoms with Crippen molar-refractivity contribution in [3.63, 3.8) is 0 Å². The molecule has 0 bridgehead atoms. The molecule has 104 valence electrons.